The van der Waals surface area contributed by atoms with Crippen LogP contribution in [-0.2, 0) is 17.6 Å². The summed E-state index contributed by atoms with van der Waals surface area (Å²) in [5.41, 5.74) is 7.62. The van der Waals surface area contributed by atoms with E-state index in [4.69, 9.17) is 14.0 Å². The average molecular weight is 416 g/mol. The molecule has 1 amide bonds. The Kier molecular flexibility index (Phi) is 5.03. The van der Waals surface area contributed by atoms with Crippen molar-refractivity contribution in [2.24, 2.45) is 0 Å². The number of thiazole rings is 1. The fraction of sp³-hybridized carbons (Fsp3) is 0.304. The Labute approximate surface area is 184 Å². The summed E-state index contributed by atoms with van der Waals surface area (Å²) >= 11 is 1.27. The van der Waals surface area contributed by atoms with Crippen molar-refractivity contribution >= 4 is 28.1 Å². The number of benzene rings is 2. The molecule has 5 nitrogen and oxygen atoms in total. The molecule has 1 atom stereocenters. The van der Waals surface area contributed by atoms with Gasteiger partial charge in [-0.05, 0) is 49.4 Å². The summed E-state index contributed by atoms with van der Waals surface area (Å²) in [7, 11) is 0. The molecule has 3 rings (SSSR count). The second-order valence-corrected chi connectivity index (χ2v) is 7.51. The van der Waals surface area contributed by atoms with Crippen LogP contribution in [0.5, 0.6) is 0 Å². The lowest BCUT2D eigenvalue weighted by atomic mass is 10.00. The molecule has 0 fully saturated rings. The maximum absolute atomic E-state index is 12.2. The van der Waals surface area contributed by atoms with Gasteiger partial charge in [-0.1, -0.05) is 48.3 Å². The molecule has 0 aliphatic rings. The summed E-state index contributed by atoms with van der Waals surface area (Å²) in [6.45, 7) is 1.50. The summed E-state index contributed by atoms with van der Waals surface area (Å²) in [6.07, 6.45) is -2.84. The summed E-state index contributed by atoms with van der Waals surface area (Å²) in [4.78, 5) is 16.2. The minimum Gasteiger partial charge on any atom is -0.388 e. The Balaban J connectivity index is 1.58. The van der Waals surface area contributed by atoms with E-state index in [0.717, 1.165) is 0 Å². The molecule has 0 bridgehead atoms. The fourth-order valence-corrected chi connectivity index (χ4v) is 3.28. The van der Waals surface area contributed by atoms with E-state index in [2.05, 4.69) is 10.3 Å². The first-order valence-electron chi connectivity index (χ1n) is 12.2. The van der Waals surface area contributed by atoms with Crippen molar-refractivity contribution in [2.45, 2.75) is 45.1 Å². The molecule has 2 aromatic carbocycles. The van der Waals surface area contributed by atoms with Crippen LogP contribution in [0, 0.1) is 6.92 Å². The number of rotatable bonds is 9. The van der Waals surface area contributed by atoms with Crippen molar-refractivity contribution in [1.82, 2.24) is 4.98 Å². The zero-order chi connectivity index (χ0) is 25.9. The zero-order valence-corrected chi connectivity index (χ0v) is 16.9. The SMILES string of the molecule is [2H]c1c([2H])c(C)c([2H])c([C@@H](O)CCC([2H])([2H])Cc2ccc(NC(=O)Cc3csc(N)n3)cc2)c1[2H]. The third-order valence-electron chi connectivity index (χ3n) is 4.18. The van der Waals surface area contributed by atoms with Crippen molar-refractivity contribution in [3.8, 4) is 0 Å². The van der Waals surface area contributed by atoms with Crippen LogP contribution >= 0.6 is 11.3 Å². The maximum Gasteiger partial charge on any atom is 0.230 e. The second-order valence-electron chi connectivity index (χ2n) is 6.62. The maximum atomic E-state index is 12.2. The highest BCUT2D eigenvalue weighted by atomic mass is 32.1. The molecule has 4 N–H and O–H groups in total. The number of aliphatic hydroxyl groups excluding tert-OH is 1. The largest absolute Gasteiger partial charge is 0.388 e. The second kappa shape index (κ2) is 10.2. The van der Waals surface area contributed by atoms with Crippen LogP contribution in [0.1, 0.15) is 55.9 Å². The first-order chi connectivity index (χ1) is 16.4. The minimum absolute atomic E-state index is 0.0304. The van der Waals surface area contributed by atoms with Gasteiger partial charge in [0.1, 0.15) is 0 Å². The number of anilines is 2. The first-order valence-corrected chi connectivity index (χ1v) is 10.1. The van der Waals surface area contributed by atoms with E-state index in [1.807, 2.05) is 0 Å². The Morgan fingerprint density at radius 2 is 2.17 bits per heavy atom. The predicted octanol–water partition coefficient (Wildman–Crippen LogP) is 4.66. The molecular weight excluding hydrogens is 382 g/mol. The molecule has 29 heavy (non-hydrogen) atoms. The number of aryl methyl sites for hydroxylation is 1. The van der Waals surface area contributed by atoms with E-state index >= 15 is 0 Å². The van der Waals surface area contributed by atoms with Crippen LogP contribution in [0.4, 0.5) is 10.8 Å². The minimum atomic E-state index is -1.67. The lowest BCUT2D eigenvalue weighted by molar-refractivity contribution is -0.115. The first kappa shape index (κ1) is 14.3. The quantitative estimate of drug-likeness (QED) is 0.474. The molecule has 0 spiro atoms. The number of nitrogens with one attached hydrogen (secondary N) is 1. The van der Waals surface area contributed by atoms with Crippen molar-refractivity contribution in [3.05, 3.63) is 76.2 Å². The Morgan fingerprint density at radius 3 is 2.90 bits per heavy atom. The number of aliphatic hydroxyl groups is 1. The normalized spacial score (nSPS) is 15.4. The molecule has 1 aromatic heterocycles. The van der Waals surface area contributed by atoms with Crippen molar-refractivity contribution in [1.29, 1.82) is 0 Å². The van der Waals surface area contributed by atoms with E-state index in [0.29, 0.717) is 22.1 Å². The molecule has 0 unspecified atom stereocenters. The average Bonchev–Trinajstić information content (AvgIpc) is 3.20. The number of carbonyl (C=O) groups is 1. The lowest BCUT2D eigenvalue weighted by Crippen LogP contribution is -2.14. The number of amides is 1. The summed E-state index contributed by atoms with van der Waals surface area (Å²) in [6, 6.07) is 5.74. The molecule has 0 saturated carbocycles. The number of hydrogen-bond donors (Lipinski definition) is 3. The highest BCUT2D eigenvalue weighted by Gasteiger charge is 2.08. The van der Waals surface area contributed by atoms with Gasteiger partial charge in [0.05, 0.1) is 23.7 Å². The monoisotopic (exact) mass is 415 g/mol. The predicted molar refractivity (Wildman–Crippen MR) is 119 cm³/mol. The van der Waals surface area contributed by atoms with E-state index in [1.165, 1.54) is 18.3 Å². The lowest BCUT2D eigenvalue weighted by Gasteiger charge is -2.11. The molecule has 1 heterocycles. The smallest absolute Gasteiger partial charge is 0.230 e. The molecule has 6 heteroatoms. The molecular formula is C23H27N3O2S. The van der Waals surface area contributed by atoms with Gasteiger partial charge in [-0.3, -0.25) is 4.79 Å². The van der Waals surface area contributed by atoms with E-state index < -0.39 is 12.5 Å². The van der Waals surface area contributed by atoms with Crippen LogP contribution in [0.3, 0.4) is 0 Å². The number of hydrogen-bond acceptors (Lipinski definition) is 5. The number of aromatic nitrogens is 1. The van der Waals surface area contributed by atoms with Crippen LogP contribution in [0.2, 0.25) is 0 Å². The standard InChI is InChI=1S/C23H27N3O2S/c1-16-5-4-7-18(13-16)21(27)8-3-2-6-17-9-11-19(12-10-17)25-22(28)14-20-15-29-23(24)26-20/h4-5,7,9-13,15,21,27H,2-3,6,8,14H2,1H3,(H2,24,26)(H,25,28)/t21-/m0/s1/i2D2,4D,5D,7D,13D. The Morgan fingerprint density at radius 1 is 1.38 bits per heavy atom. The summed E-state index contributed by atoms with van der Waals surface area (Å²) in [5.74, 6) is -0.237. The van der Waals surface area contributed by atoms with Crippen LogP contribution in [0.25, 0.3) is 0 Å². The number of nitrogen functional groups attached to an aromatic ring is 1. The highest BCUT2D eigenvalue weighted by Crippen LogP contribution is 2.21. The Bertz CT molecular complexity index is 1190. The van der Waals surface area contributed by atoms with E-state index in [1.54, 1.807) is 29.6 Å². The van der Waals surface area contributed by atoms with Gasteiger partial charge in [0.15, 0.2) is 5.13 Å². The molecule has 3 aromatic rings. The number of nitrogens with zero attached hydrogens (tertiary/aromatic N) is 1. The third-order valence-corrected chi connectivity index (χ3v) is 4.90. The van der Waals surface area contributed by atoms with Crippen molar-refractivity contribution in [2.75, 3.05) is 11.1 Å². The van der Waals surface area contributed by atoms with Gasteiger partial charge in [-0.25, -0.2) is 4.98 Å². The molecule has 0 radical (unpaired) electrons. The van der Waals surface area contributed by atoms with Crippen molar-refractivity contribution in [3.63, 3.8) is 0 Å². The zero-order valence-electron chi connectivity index (χ0n) is 22.1. The third kappa shape index (κ3) is 6.69. The summed E-state index contributed by atoms with van der Waals surface area (Å²) < 4.78 is 48.5. The van der Waals surface area contributed by atoms with Gasteiger partial charge in [0.2, 0.25) is 5.91 Å². The fourth-order valence-electron chi connectivity index (χ4n) is 2.72. The topological polar surface area (TPSA) is 88.2 Å². The van der Waals surface area contributed by atoms with Gasteiger partial charge in [0, 0.05) is 13.8 Å². The van der Waals surface area contributed by atoms with Gasteiger partial charge >= 0.3 is 0 Å². The van der Waals surface area contributed by atoms with Crippen LogP contribution in [0.15, 0.2) is 53.8 Å². The van der Waals surface area contributed by atoms with E-state index in [9.17, 15) is 9.90 Å². The molecule has 0 aliphatic heterocycles. The molecule has 0 aliphatic carbocycles. The molecule has 152 valence electrons. The van der Waals surface area contributed by atoms with Gasteiger partial charge in [0.25, 0.3) is 0 Å². The van der Waals surface area contributed by atoms with Crippen LogP contribution in [-0.4, -0.2) is 16.0 Å². The van der Waals surface area contributed by atoms with Gasteiger partial charge < -0.3 is 16.2 Å². The summed E-state index contributed by atoms with van der Waals surface area (Å²) in [5, 5.41) is 15.5. The number of carbonyl (C=O) groups excluding carboxylic acids is 1. The van der Waals surface area contributed by atoms with E-state index in [-0.39, 0.29) is 66.9 Å². The van der Waals surface area contributed by atoms with Crippen molar-refractivity contribution < 1.29 is 18.1 Å². The highest BCUT2D eigenvalue weighted by molar-refractivity contribution is 7.13. The van der Waals surface area contributed by atoms with Gasteiger partial charge in [-0.2, -0.15) is 0 Å². The van der Waals surface area contributed by atoms with Crippen LogP contribution < -0.4 is 11.1 Å². The Hall–Kier alpha value is -2.70. The van der Waals surface area contributed by atoms with Gasteiger partial charge in [-0.15, -0.1) is 11.3 Å². The number of nitrogens with two attached hydrogens (primary N) is 1. The molecule has 0 saturated heterocycles.